The lowest BCUT2D eigenvalue weighted by Gasteiger charge is -2.41. The Morgan fingerprint density at radius 1 is 1.10 bits per heavy atom. The summed E-state index contributed by atoms with van der Waals surface area (Å²) in [5.74, 6) is -0.299. The van der Waals surface area contributed by atoms with E-state index in [1.807, 2.05) is 39.8 Å². The minimum Gasteiger partial charge on any atom is -0.497 e. The lowest BCUT2D eigenvalue weighted by atomic mass is 9.94. The van der Waals surface area contributed by atoms with Gasteiger partial charge in [-0.3, -0.25) is 14.4 Å². The molecule has 1 heterocycles. The number of ether oxygens (including phenoxy) is 1. The summed E-state index contributed by atoms with van der Waals surface area (Å²) in [5, 5.41) is 0. The largest absolute Gasteiger partial charge is 0.497 e. The van der Waals surface area contributed by atoms with Crippen LogP contribution >= 0.6 is 0 Å². The van der Waals surface area contributed by atoms with Gasteiger partial charge in [0, 0.05) is 11.1 Å². The molecule has 158 valence electrons. The monoisotopic (exact) mass is 408 g/mol. The topological polar surface area (TPSA) is 66.9 Å². The predicted octanol–water partition coefficient (Wildman–Crippen LogP) is 3.97. The van der Waals surface area contributed by atoms with Crippen LogP contribution in [0.3, 0.4) is 0 Å². The van der Waals surface area contributed by atoms with Gasteiger partial charge in [-0.15, -0.1) is 0 Å². The molecule has 3 amide bonds. The molecule has 6 nitrogen and oxygen atoms in total. The van der Waals surface area contributed by atoms with E-state index in [0.717, 1.165) is 5.56 Å². The maximum atomic E-state index is 13.5. The van der Waals surface area contributed by atoms with Crippen molar-refractivity contribution in [2.24, 2.45) is 0 Å². The maximum absolute atomic E-state index is 13.5. The van der Waals surface area contributed by atoms with E-state index in [1.165, 1.54) is 4.90 Å². The fourth-order valence-electron chi connectivity index (χ4n) is 3.66. The van der Waals surface area contributed by atoms with Crippen molar-refractivity contribution in [1.29, 1.82) is 0 Å². The van der Waals surface area contributed by atoms with Crippen LogP contribution in [-0.2, 0) is 9.59 Å². The zero-order valence-corrected chi connectivity index (χ0v) is 18.1. The molecule has 2 aromatic carbocycles. The highest BCUT2D eigenvalue weighted by molar-refractivity contribution is 6.23. The van der Waals surface area contributed by atoms with Crippen LogP contribution in [-0.4, -0.2) is 41.3 Å². The summed E-state index contributed by atoms with van der Waals surface area (Å²) in [6.07, 6.45) is 0.607. The summed E-state index contributed by atoms with van der Waals surface area (Å²) in [7, 11) is 1.56. The standard InChI is InChI=1S/C24H28N2O4/c1-6-24(3,4)26(22(28)17-9-13-19(30-5)14-10-17)20-15-21(27)25(23(20)29)18-11-7-16(2)8-12-18/h7-14,20H,6,15H2,1-5H3. The van der Waals surface area contributed by atoms with Gasteiger partial charge in [0.1, 0.15) is 11.8 Å². The van der Waals surface area contributed by atoms with Crippen molar-refractivity contribution in [3.8, 4) is 5.75 Å². The number of rotatable bonds is 6. The second-order valence-corrected chi connectivity index (χ2v) is 8.19. The summed E-state index contributed by atoms with van der Waals surface area (Å²) >= 11 is 0. The third-order valence-corrected chi connectivity index (χ3v) is 5.80. The number of aryl methyl sites for hydroxylation is 1. The summed E-state index contributed by atoms with van der Waals surface area (Å²) in [4.78, 5) is 42.4. The predicted molar refractivity (Wildman–Crippen MR) is 116 cm³/mol. The van der Waals surface area contributed by atoms with Gasteiger partial charge in [-0.2, -0.15) is 0 Å². The van der Waals surface area contributed by atoms with Crippen molar-refractivity contribution < 1.29 is 19.1 Å². The number of amides is 3. The van der Waals surface area contributed by atoms with E-state index in [0.29, 0.717) is 23.4 Å². The van der Waals surface area contributed by atoms with Gasteiger partial charge in [-0.05, 0) is 63.6 Å². The zero-order chi connectivity index (χ0) is 22.1. The van der Waals surface area contributed by atoms with Gasteiger partial charge in [-0.25, -0.2) is 4.90 Å². The molecule has 6 heteroatoms. The zero-order valence-electron chi connectivity index (χ0n) is 18.1. The Bertz CT molecular complexity index is 948. The number of methoxy groups -OCH3 is 1. The normalized spacial score (nSPS) is 16.7. The third kappa shape index (κ3) is 3.95. The second kappa shape index (κ2) is 8.30. The Morgan fingerprint density at radius 2 is 1.70 bits per heavy atom. The molecule has 0 saturated carbocycles. The van der Waals surface area contributed by atoms with Crippen LogP contribution in [0.1, 0.15) is 49.5 Å². The first-order chi connectivity index (χ1) is 14.2. The number of carbonyl (C=O) groups is 3. The number of carbonyl (C=O) groups excluding carboxylic acids is 3. The molecule has 1 unspecified atom stereocenters. The molecular weight excluding hydrogens is 380 g/mol. The SMILES string of the molecule is CCC(C)(C)N(C(=O)c1ccc(OC)cc1)C1CC(=O)N(c2ccc(C)cc2)C1=O. The van der Waals surface area contributed by atoms with Crippen molar-refractivity contribution in [3.63, 3.8) is 0 Å². The molecule has 1 aliphatic rings. The first kappa shape index (κ1) is 21.6. The fourth-order valence-corrected chi connectivity index (χ4v) is 3.66. The highest BCUT2D eigenvalue weighted by Crippen LogP contribution is 2.32. The van der Waals surface area contributed by atoms with Crippen LogP contribution in [0.15, 0.2) is 48.5 Å². The first-order valence-corrected chi connectivity index (χ1v) is 10.1. The summed E-state index contributed by atoms with van der Waals surface area (Å²) in [6, 6.07) is 13.2. The Balaban J connectivity index is 1.98. The van der Waals surface area contributed by atoms with Crippen molar-refractivity contribution in [2.45, 2.75) is 52.1 Å². The molecule has 0 bridgehead atoms. The van der Waals surface area contributed by atoms with Crippen LogP contribution in [0.4, 0.5) is 5.69 Å². The van der Waals surface area contributed by atoms with Crippen LogP contribution in [0.5, 0.6) is 5.75 Å². The van der Waals surface area contributed by atoms with Crippen LogP contribution in [0.2, 0.25) is 0 Å². The Hall–Kier alpha value is -3.15. The lowest BCUT2D eigenvalue weighted by Crippen LogP contribution is -2.55. The van der Waals surface area contributed by atoms with E-state index in [9.17, 15) is 14.4 Å². The number of hydrogen-bond acceptors (Lipinski definition) is 4. The van der Waals surface area contributed by atoms with Gasteiger partial charge in [0.25, 0.3) is 11.8 Å². The fraction of sp³-hybridized carbons (Fsp3) is 0.375. The average Bonchev–Trinajstić information content (AvgIpc) is 3.02. The first-order valence-electron chi connectivity index (χ1n) is 10.1. The molecule has 3 rings (SSSR count). The van der Waals surface area contributed by atoms with E-state index < -0.39 is 11.6 Å². The van der Waals surface area contributed by atoms with E-state index in [2.05, 4.69) is 0 Å². The number of nitrogens with zero attached hydrogens (tertiary/aromatic N) is 2. The molecular formula is C24H28N2O4. The van der Waals surface area contributed by atoms with Crippen LogP contribution in [0, 0.1) is 6.92 Å². The minimum atomic E-state index is -0.844. The molecule has 1 fully saturated rings. The molecule has 1 saturated heterocycles. The smallest absolute Gasteiger partial charge is 0.257 e. The molecule has 1 atom stereocenters. The van der Waals surface area contributed by atoms with Gasteiger partial charge in [0.2, 0.25) is 5.91 Å². The Kier molecular flexibility index (Phi) is 5.97. The maximum Gasteiger partial charge on any atom is 0.257 e. The van der Waals surface area contributed by atoms with E-state index in [-0.39, 0.29) is 24.1 Å². The molecule has 2 aromatic rings. The third-order valence-electron chi connectivity index (χ3n) is 5.80. The summed E-state index contributed by atoms with van der Waals surface area (Å²) < 4.78 is 5.17. The lowest BCUT2D eigenvalue weighted by molar-refractivity contribution is -0.123. The average molecular weight is 408 g/mol. The molecule has 30 heavy (non-hydrogen) atoms. The quantitative estimate of drug-likeness (QED) is 0.679. The Morgan fingerprint density at radius 3 is 2.23 bits per heavy atom. The van der Waals surface area contributed by atoms with Crippen molar-refractivity contribution in [1.82, 2.24) is 4.90 Å². The number of benzene rings is 2. The van der Waals surface area contributed by atoms with Crippen molar-refractivity contribution in [3.05, 3.63) is 59.7 Å². The van der Waals surface area contributed by atoms with Crippen molar-refractivity contribution in [2.75, 3.05) is 12.0 Å². The van der Waals surface area contributed by atoms with Crippen LogP contribution < -0.4 is 9.64 Å². The highest BCUT2D eigenvalue weighted by atomic mass is 16.5. The van der Waals surface area contributed by atoms with E-state index in [4.69, 9.17) is 4.74 Å². The van der Waals surface area contributed by atoms with Gasteiger partial charge in [-0.1, -0.05) is 24.6 Å². The van der Waals surface area contributed by atoms with Gasteiger partial charge < -0.3 is 9.64 Å². The molecule has 0 radical (unpaired) electrons. The minimum absolute atomic E-state index is 0.0297. The number of anilines is 1. The Labute approximate surface area is 177 Å². The molecule has 0 spiro atoms. The molecule has 1 aliphatic heterocycles. The van der Waals surface area contributed by atoms with E-state index in [1.54, 1.807) is 48.4 Å². The number of hydrogen-bond donors (Lipinski definition) is 0. The van der Waals surface area contributed by atoms with Gasteiger partial charge >= 0.3 is 0 Å². The molecule has 0 N–H and O–H groups in total. The molecule has 0 aliphatic carbocycles. The van der Waals surface area contributed by atoms with Crippen molar-refractivity contribution >= 4 is 23.4 Å². The number of imide groups is 1. The summed E-state index contributed by atoms with van der Waals surface area (Å²) in [6.45, 7) is 7.74. The van der Waals surface area contributed by atoms with Gasteiger partial charge in [0.15, 0.2) is 0 Å². The molecule has 0 aromatic heterocycles. The highest BCUT2D eigenvalue weighted by Gasteiger charge is 2.48. The second-order valence-electron chi connectivity index (χ2n) is 8.19. The van der Waals surface area contributed by atoms with Crippen LogP contribution in [0.25, 0.3) is 0 Å². The van der Waals surface area contributed by atoms with Gasteiger partial charge in [0.05, 0.1) is 19.2 Å². The van der Waals surface area contributed by atoms with E-state index >= 15 is 0 Å². The summed E-state index contributed by atoms with van der Waals surface area (Å²) in [5.41, 5.74) is 1.41.